The van der Waals surface area contributed by atoms with Crippen molar-refractivity contribution in [2.24, 2.45) is 0 Å². The van der Waals surface area contributed by atoms with E-state index in [4.69, 9.17) is 9.84 Å². The molecule has 2 aliphatic rings. The van der Waals surface area contributed by atoms with Crippen molar-refractivity contribution in [3.8, 4) is 11.3 Å². The van der Waals surface area contributed by atoms with E-state index in [2.05, 4.69) is 68.3 Å². The molecule has 1 atom stereocenters. The number of aryl methyl sites for hydroxylation is 2. The van der Waals surface area contributed by atoms with Crippen molar-refractivity contribution in [2.45, 2.75) is 96.7 Å². The predicted molar refractivity (Wildman–Crippen MR) is 194 cm³/mol. The molecule has 6 rings (SSSR count). The molecule has 2 aromatic carbocycles. The summed E-state index contributed by atoms with van der Waals surface area (Å²) in [6.07, 6.45) is 7.69. The molecule has 2 aliphatic heterocycles. The lowest BCUT2D eigenvalue weighted by atomic mass is 9.89. The molecule has 50 heavy (non-hydrogen) atoms. The molecule has 2 aromatic heterocycles. The Hall–Kier alpha value is -4.77. The number of ether oxygens (including phenoxy) is 1. The van der Waals surface area contributed by atoms with Gasteiger partial charge < -0.3 is 20.3 Å². The first-order valence-electron chi connectivity index (χ1n) is 17.8. The number of hydrogen-bond donors (Lipinski definition) is 3. The Bertz CT molecular complexity index is 1820. The van der Waals surface area contributed by atoms with Crippen molar-refractivity contribution in [3.05, 3.63) is 83.2 Å². The Morgan fingerprint density at radius 2 is 1.78 bits per heavy atom. The van der Waals surface area contributed by atoms with Crippen LogP contribution in [-0.2, 0) is 27.3 Å². The fraction of sp³-hybridized carbons (Fsp3) is 0.462. The highest BCUT2D eigenvalue weighted by molar-refractivity contribution is 6.01. The minimum atomic E-state index is -0.533. The summed E-state index contributed by atoms with van der Waals surface area (Å²) < 4.78 is 7.30. The van der Waals surface area contributed by atoms with Gasteiger partial charge in [0.05, 0.1) is 11.4 Å². The van der Waals surface area contributed by atoms with Gasteiger partial charge in [-0.05, 0) is 133 Å². The summed E-state index contributed by atoms with van der Waals surface area (Å²) in [5.41, 5.74) is 7.76. The van der Waals surface area contributed by atoms with Crippen LogP contribution >= 0.6 is 0 Å². The summed E-state index contributed by atoms with van der Waals surface area (Å²) in [6.45, 7) is 11.3. The molecule has 0 radical (unpaired) electrons. The molecule has 2 fully saturated rings. The maximum absolute atomic E-state index is 12.1. The Balaban J connectivity index is 0.949. The van der Waals surface area contributed by atoms with Gasteiger partial charge in [-0.2, -0.15) is 5.10 Å². The normalized spacial score (nSPS) is 17.5. The number of anilines is 1. The van der Waals surface area contributed by atoms with Gasteiger partial charge in [0.2, 0.25) is 11.8 Å². The van der Waals surface area contributed by atoms with Crippen molar-refractivity contribution >= 4 is 29.2 Å². The highest BCUT2D eigenvalue weighted by Gasteiger charge is 2.26. The molecule has 4 heterocycles. The van der Waals surface area contributed by atoms with Gasteiger partial charge in [0, 0.05) is 36.5 Å². The molecule has 11 nitrogen and oxygen atoms in total. The van der Waals surface area contributed by atoms with Crippen molar-refractivity contribution in [1.29, 1.82) is 0 Å². The van der Waals surface area contributed by atoms with Crippen LogP contribution < -0.4 is 16.0 Å². The number of fused-ring (bicyclic) bond motifs is 1. The van der Waals surface area contributed by atoms with E-state index in [1.165, 1.54) is 5.56 Å². The molecular weight excluding hydrogens is 630 g/mol. The van der Waals surface area contributed by atoms with Crippen LogP contribution in [-0.4, -0.2) is 68.7 Å². The molecule has 2 saturated heterocycles. The highest BCUT2D eigenvalue weighted by Crippen LogP contribution is 2.30. The van der Waals surface area contributed by atoms with Gasteiger partial charge in [0.1, 0.15) is 11.6 Å². The van der Waals surface area contributed by atoms with Crippen molar-refractivity contribution in [3.63, 3.8) is 0 Å². The van der Waals surface area contributed by atoms with E-state index >= 15 is 0 Å². The third-order valence-corrected chi connectivity index (χ3v) is 9.58. The number of likely N-dealkylation sites (tertiary alicyclic amines) is 1. The van der Waals surface area contributed by atoms with Crippen LogP contribution in [0.5, 0.6) is 0 Å². The molecule has 3 N–H and O–H groups in total. The van der Waals surface area contributed by atoms with Crippen LogP contribution in [0.3, 0.4) is 0 Å². The minimum absolute atomic E-state index is 0.198. The van der Waals surface area contributed by atoms with Gasteiger partial charge in [0.15, 0.2) is 5.65 Å². The third kappa shape index (κ3) is 9.06. The lowest BCUT2D eigenvalue weighted by Gasteiger charge is -2.32. The molecule has 4 aromatic rings. The number of carbonyl (C=O) groups is 3. The quantitative estimate of drug-likeness (QED) is 0.127. The number of imide groups is 1. The van der Waals surface area contributed by atoms with E-state index in [1.54, 1.807) is 0 Å². The zero-order chi connectivity index (χ0) is 35.3. The fourth-order valence-electron chi connectivity index (χ4n) is 6.83. The maximum atomic E-state index is 12.1. The Kier molecular flexibility index (Phi) is 10.8. The maximum Gasteiger partial charge on any atom is 0.407 e. The smallest absolute Gasteiger partial charge is 0.407 e. The number of amides is 3. The number of rotatable bonds is 11. The van der Waals surface area contributed by atoms with E-state index in [-0.39, 0.29) is 17.9 Å². The van der Waals surface area contributed by atoms with Crippen LogP contribution in [0.1, 0.15) is 87.6 Å². The largest absolute Gasteiger partial charge is 0.444 e. The first kappa shape index (κ1) is 35.1. The summed E-state index contributed by atoms with van der Waals surface area (Å²) in [7, 11) is 0. The zero-order valence-corrected chi connectivity index (χ0v) is 29.6. The summed E-state index contributed by atoms with van der Waals surface area (Å²) in [4.78, 5) is 42.8. The number of unbranched alkanes of at least 4 members (excludes halogenated alkanes) is 1. The summed E-state index contributed by atoms with van der Waals surface area (Å²) in [5.74, 6) is 0.101. The van der Waals surface area contributed by atoms with Gasteiger partial charge in [-0.25, -0.2) is 14.3 Å². The fourth-order valence-corrected chi connectivity index (χ4v) is 6.83. The molecule has 0 aliphatic carbocycles. The second kappa shape index (κ2) is 15.4. The van der Waals surface area contributed by atoms with Gasteiger partial charge in [-0.15, -0.1) is 0 Å². The average Bonchev–Trinajstić information content (AvgIpc) is 3.51. The second-order valence-electron chi connectivity index (χ2n) is 14.6. The van der Waals surface area contributed by atoms with E-state index in [0.717, 1.165) is 91.2 Å². The number of piperidine rings is 2. The van der Waals surface area contributed by atoms with Crippen molar-refractivity contribution < 1.29 is 19.1 Å². The van der Waals surface area contributed by atoms with Gasteiger partial charge >= 0.3 is 6.09 Å². The zero-order valence-electron chi connectivity index (χ0n) is 29.6. The summed E-state index contributed by atoms with van der Waals surface area (Å²) in [5, 5.41) is 13.5. The number of benzene rings is 2. The second-order valence-corrected chi connectivity index (χ2v) is 14.6. The Labute approximate surface area is 294 Å². The lowest BCUT2D eigenvalue weighted by Crippen LogP contribution is -2.47. The van der Waals surface area contributed by atoms with Crippen molar-refractivity contribution in [1.82, 2.24) is 30.1 Å². The molecule has 1 unspecified atom stereocenters. The van der Waals surface area contributed by atoms with Gasteiger partial charge in [-0.3, -0.25) is 14.9 Å². The Morgan fingerprint density at radius 3 is 2.50 bits per heavy atom. The van der Waals surface area contributed by atoms with E-state index in [1.807, 2.05) is 50.5 Å². The molecular formula is C39H49N7O4. The van der Waals surface area contributed by atoms with Crippen LogP contribution in [0.15, 0.2) is 60.8 Å². The topological polar surface area (TPSA) is 130 Å². The van der Waals surface area contributed by atoms with E-state index in [9.17, 15) is 14.4 Å². The SMILES string of the molecule is Cc1cc(-c2ccnc3cc(CCCCN4CCC(c5ccc(NC6CCC(=O)NC6=O)cc5)CC4)nn23)ccc1CNC(=O)OC(C)(C)C. The molecule has 3 amide bonds. The number of hydrogen-bond acceptors (Lipinski definition) is 8. The van der Waals surface area contributed by atoms with Gasteiger partial charge in [0.25, 0.3) is 0 Å². The average molecular weight is 680 g/mol. The van der Waals surface area contributed by atoms with E-state index in [0.29, 0.717) is 25.3 Å². The van der Waals surface area contributed by atoms with Crippen molar-refractivity contribution in [2.75, 3.05) is 25.0 Å². The first-order valence-corrected chi connectivity index (χ1v) is 17.8. The molecule has 0 saturated carbocycles. The third-order valence-electron chi connectivity index (χ3n) is 9.58. The standard InChI is InChI=1S/C39H49N7O4/c1-26-23-29(8-9-30(26)25-41-38(49)50-39(2,3)4)34-16-19-40-35-24-32(44-46(34)35)7-5-6-20-45-21-17-28(18-22-45)27-10-12-31(13-11-27)42-33-14-15-36(47)43-37(33)48/h8-13,16,19,23-24,28,33,42H,5-7,14-15,17-18,20-22,25H2,1-4H3,(H,41,49)(H,43,47,48). The summed E-state index contributed by atoms with van der Waals surface area (Å²) in [6, 6.07) is 18.4. The van der Waals surface area contributed by atoms with Crippen LogP contribution in [0.4, 0.5) is 10.5 Å². The number of alkyl carbamates (subject to hydrolysis) is 1. The number of nitrogens with one attached hydrogen (secondary N) is 3. The monoisotopic (exact) mass is 679 g/mol. The molecule has 11 heteroatoms. The summed E-state index contributed by atoms with van der Waals surface area (Å²) >= 11 is 0. The lowest BCUT2D eigenvalue weighted by molar-refractivity contribution is -0.133. The number of nitrogens with zero attached hydrogens (tertiary/aromatic N) is 4. The first-order chi connectivity index (χ1) is 24.0. The molecule has 264 valence electrons. The number of aromatic nitrogens is 3. The number of carbonyl (C=O) groups excluding carboxylic acids is 3. The molecule has 0 bridgehead atoms. The highest BCUT2D eigenvalue weighted by atomic mass is 16.6. The minimum Gasteiger partial charge on any atom is -0.444 e. The van der Waals surface area contributed by atoms with Crippen LogP contribution in [0.2, 0.25) is 0 Å². The predicted octanol–water partition coefficient (Wildman–Crippen LogP) is 6.15. The van der Waals surface area contributed by atoms with Gasteiger partial charge in [-0.1, -0.05) is 24.3 Å². The van der Waals surface area contributed by atoms with E-state index < -0.39 is 11.7 Å². The van der Waals surface area contributed by atoms with Crippen LogP contribution in [0, 0.1) is 6.92 Å². The Morgan fingerprint density at radius 1 is 1.00 bits per heavy atom. The van der Waals surface area contributed by atoms with Crippen LogP contribution in [0.25, 0.3) is 16.9 Å². The molecule has 0 spiro atoms.